The van der Waals surface area contributed by atoms with E-state index in [1.807, 2.05) is 4.40 Å². The fourth-order valence-corrected chi connectivity index (χ4v) is 1.51. The van der Waals surface area contributed by atoms with Crippen molar-refractivity contribution in [3.63, 3.8) is 0 Å². The van der Waals surface area contributed by atoms with Gasteiger partial charge in [-0.2, -0.15) is 0 Å². The molecule has 2 aromatic rings. The number of pyridine rings is 1. The lowest BCUT2D eigenvalue weighted by Crippen LogP contribution is -2.13. The van der Waals surface area contributed by atoms with Crippen molar-refractivity contribution in [3.8, 4) is 0 Å². The van der Waals surface area contributed by atoms with Crippen molar-refractivity contribution in [2.75, 3.05) is 0 Å². The van der Waals surface area contributed by atoms with Crippen molar-refractivity contribution in [1.82, 2.24) is 9.38 Å². The largest absolute Gasteiger partial charge is 0.303 e. The normalized spacial score (nSPS) is 12.3. The summed E-state index contributed by atoms with van der Waals surface area (Å²) in [5.41, 5.74) is 1.78. The second-order valence-corrected chi connectivity index (χ2v) is 4.47. The first-order valence-corrected chi connectivity index (χ1v) is 4.61. The first-order valence-electron chi connectivity index (χ1n) is 4.61. The van der Waals surface area contributed by atoms with Gasteiger partial charge >= 0.3 is 0 Å². The van der Waals surface area contributed by atoms with E-state index in [4.69, 9.17) is 0 Å². The summed E-state index contributed by atoms with van der Waals surface area (Å²) >= 11 is 0. The van der Waals surface area contributed by atoms with Crippen LogP contribution in [0, 0.1) is 5.82 Å². The van der Waals surface area contributed by atoms with Gasteiger partial charge in [0.25, 0.3) is 0 Å². The number of fused-ring (bicyclic) bond motifs is 1. The Morgan fingerprint density at radius 1 is 1.36 bits per heavy atom. The standard InChI is InChI=1S/C11H13FN2/c1-11(2,3)9-7-13-10-6-8(12)4-5-14(9)10/h4-7H,1-3H3. The van der Waals surface area contributed by atoms with Gasteiger partial charge in [-0.25, -0.2) is 9.37 Å². The van der Waals surface area contributed by atoms with Crippen LogP contribution in [0.2, 0.25) is 0 Å². The molecule has 0 saturated carbocycles. The molecule has 0 aliphatic carbocycles. The molecular formula is C11H13FN2. The number of aromatic nitrogens is 2. The predicted molar refractivity (Wildman–Crippen MR) is 53.9 cm³/mol. The van der Waals surface area contributed by atoms with Crippen molar-refractivity contribution in [2.45, 2.75) is 26.2 Å². The second kappa shape index (κ2) is 2.80. The smallest absolute Gasteiger partial charge is 0.139 e. The Labute approximate surface area is 82.4 Å². The van der Waals surface area contributed by atoms with Crippen LogP contribution in [-0.4, -0.2) is 9.38 Å². The Balaban J connectivity index is 2.70. The van der Waals surface area contributed by atoms with Crippen molar-refractivity contribution < 1.29 is 4.39 Å². The maximum absolute atomic E-state index is 12.9. The zero-order valence-electron chi connectivity index (χ0n) is 8.58. The van der Waals surface area contributed by atoms with Crippen molar-refractivity contribution in [3.05, 3.63) is 36.0 Å². The molecule has 2 rings (SSSR count). The zero-order valence-corrected chi connectivity index (χ0v) is 8.58. The Morgan fingerprint density at radius 3 is 2.71 bits per heavy atom. The van der Waals surface area contributed by atoms with E-state index < -0.39 is 0 Å². The summed E-state index contributed by atoms with van der Waals surface area (Å²) in [5, 5.41) is 0. The molecule has 0 N–H and O–H groups in total. The minimum Gasteiger partial charge on any atom is -0.303 e. The highest BCUT2D eigenvalue weighted by atomic mass is 19.1. The first kappa shape index (κ1) is 9.19. The van der Waals surface area contributed by atoms with Gasteiger partial charge < -0.3 is 4.40 Å². The molecule has 0 amide bonds. The van der Waals surface area contributed by atoms with E-state index in [-0.39, 0.29) is 11.2 Å². The fraction of sp³-hybridized carbons (Fsp3) is 0.364. The molecule has 2 nitrogen and oxygen atoms in total. The average Bonchev–Trinajstić information content (AvgIpc) is 2.45. The van der Waals surface area contributed by atoms with E-state index in [9.17, 15) is 4.39 Å². The summed E-state index contributed by atoms with van der Waals surface area (Å²) in [4.78, 5) is 4.17. The minimum atomic E-state index is -0.247. The Kier molecular flexibility index (Phi) is 1.84. The monoisotopic (exact) mass is 192 g/mol. The Bertz CT molecular complexity index is 466. The number of rotatable bonds is 0. The summed E-state index contributed by atoms with van der Waals surface area (Å²) < 4.78 is 14.8. The second-order valence-electron chi connectivity index (χ2n) is 4.47. The third kappa shape index (κ3) is 1.39. The molecule has 0 saturated heterocycles. The van der Waals surface area contributed by atoms with Crippen molar-refractivity contribution >= 4 is 5.65 Å². The quantitative estimate of drug-likeness (QED) is 0.627. The maximum Gasteiger partial charge on any atom is 0.139 e. The van der Waals surface area contributed by atoms with Gasteiger partial charge in [-0.3, -0.25) is 0 Å². The minimum absolute atomic E-state index is 0.0250. The van der Waals surface area contributed by atoms with Crippen LogP contribution in [0.15, 0.2) is 24.5 Å². The lowest BCUT2D eigenvalue weighted by molar-refractivity contribution is 0.561. The lowest BCUT2D eigenvalue weighted by Gasteiger charge is -2.17. The highest BCUT2D eigenvalue weighted by Crippen LogP contribution is 2.23. The highest BCUT2D eigenvalue weighted by molar-refractivity contribution is 5.41. The molecule has 0 radical (unpaired) electrons. The summed E-state index contributed by atoms with van der Waals surface area (Å²) in [6.07, 6.45) is 3.52. The van der Waals surface area contributed by atoms with Crippen LogP contribution >= 0.6 is 0 Å². The molecule has 2 aromatic heterocycles. The van der Waals surface area contributed by atoms with Gasteiger partial charge in [0.05, 0.1) is 0 Å². The zero-order chi connectivity index (χ0) is 10.3. The molecule has 0 aliphatic rings. The summed E-state index contributed by atoms with van der Waals surface area (Å²) in [7, 11) is 0. The van der Waals surface area contributed by atoms with Gasteiger partial charge in [-0.1, -0.05) is 20.8 Å². The third-order valence-corrected chi connectivity index (χ3v) is 2.24. The molecule has 2 heterocycles. The van der Waals surface area contributed by atoms with E-state index in [0.29, 0.717) is 5.65 Å². The molecule has 74 valence electrons. The van der Waals surface area contributed by atoms with Crippen LogP contribution in [0.1, 0.15) is 26.5 Å². The summed E-state index contributed by atoms with van der Waals surface area (Å²) in [6.45, 7) is 6.33. The molecule has 0 bridgehead atoms. The number of halogens is 1. The topological polar surface area (TPSA) is 17.3 Å². The molecule has 0 spiro atoms. The van der Waals surface area contributed by atoms with Gasteiger partial charge in [-0.15, -0.1) is 0 Å². The molecule has 3 heteroatoms. The van der Waals surface area contributed by atoms with Gasteiger partial charge in [0.15, 0.2) is 0 Å². The maximum atomic E-state index is 12.9. The van der Waals surface area contributed by atoms with Crippen LogP contribution in [0.25, 0.3) is 5.65 Å². The SMILES string of the molecule is CC(C)(C)c1cnc2cc(F)ccn12. The van der Waals surface area contributed by atoms with Gasteiger partial charge in [0, 0.05) is 29.6 Å². The Morgan fingerprint density at radius 2 is 2.07 bits per heavy atom. The van der Waals surface area contributed by atoms with Gasteiger partial charge in [0.2, 0.25) is 0 Å². The van der Waals surface area contributed by atoms with Gasteiger partial charge in [0.1, 0.15) is 11.5 Å². The number of hydrogen-bond donors (Lipinski definition) is 0. The molecule has 0 aliphatic heterocycles. The van der Waals surface area contributed by atoms with Crippen LogP contribution in [-0.2, 0) is 5.41 Å². The summed E-state index contributed by atoms with van der Waals surface area (Å²) in [5.74, 6) is -0.247. The fourth-order valence-electron chi connectivity index (χ4n) is 1.51. The van der Waals surface area contributed by atoms with Crippen molar-refractivity contribution in [1.29, 1.82) is 0 Å². The van der Waals surface area contributed by atoms with E-state index >= 15 is 0 Å². The third-order valence-electron chi connectivity index (χ3n) is 2.24. The number of nitrogens with zero attached hydrogens (tertiary/aromatic N) is 2. The van der Waals surface area contributed by atoms with Crippen LogP contribution in [0.3, 0.4) is 0 Å². The molecule has 0 atom stereocenters. The van der Waals surface area contributed by atoms with Crippen LogP contribution in [0.4, 0.5) is 4.39 Å². The first-order chi connectivity index (χ1) is 6.48. The lowest BCUT2D eigenvalue weighted by atomic mass is 9.93. The Hall–Kier alpha value is -1.38. The molecule has 0 unspecified atom stereocenters. The molecule has 0 aromatic carbocycles. The van der Waals surface area contributed by atoms with E-state index in [1.165, 1.54) is 12.1 Å². The average molecular weight is 192 g/mol. The van der Waals surface area contributed by atoms with Crippen LogP contribution in [0.5, 0.6) is 0 Å². The number of imidazole rings is 1. The van der Waals surface area contributed by atoms with E-state index in [2.05, 4.69) is 25.8 Å². The van der Waals surface area contributed by atoms with Crippen molar-refractivity contribution in [2.24, 2.45) is 0 Å². The van der Waals surface area contributed by atoms with E-state index in [0.717, 1.165) is 5.69 Å². The predicted octanol–water partition coefficient (Wildman–Crippen LogP) is 2.77. The number of hydrogen-bond acceptors (Lipinski definition) is 1. The molecule has 0 fully saturated rings. The van der Waals surface area contributed by atoms with E-state index in [1.54, 1.807) is 12.4 Å². The van der Waals surface area contributed by atoms with Crippen LogP contribution < -0.4 is 0 Å². The highest BCUT2D eigenvalue weighted by Gasteiger charge is 2.18. The molecular weight excluding hydrogens is 179 g/mol. The molecule has 14 heavy (non-hydrogen) atoms. The summed E-state index contributed by atoms with van der Waals surface area (Å²) in [6, 6.07) is 2.89. The van der Waals surface area contributed by atoms with Gasteiger partial charge in [-0.05, 0) is 6.07 Å².